The average Bonchev–Trinajstić information content (AvgIpc) is 2.16. The lowest BCUT2D eigenvalue weighted by atomic mass is 10.1. The second-order valence-electron chi connectivity index (χ2n) is 2.90. The third-order valence-electron chi connectivity index (χ3n) is 2.05. The minimum Gasteiger partial charge on any atom is -0.497 e. The number of hydrogen-bond acceptors (Lipinski definition) is 2. The van der Waals surface area contributed by atoms with E-state index >= 15 is 0 Å². The van der Waals surface area contributed by atoms with Crippen LogP contribution >= 0.6 is 11.6 Å². The second-order valence-corrected chi connectivity index (χ2v) is 3.31. The van der Waals surface area contributed by atoms with Gasteiger partial charge in [-0.05, 0) is 24.1 Å². The van der Waals surface area contributed by atoms with Crippen molar-refractivity contribution in [3.8, 4) is 5.75 Å². The van der Waals surface area contributed by atoms with Gasteiger partial charge in [-0.3, -0.25) is 0 Å². The summed E-state index contributed by atoms with van der Waals surface area (Å²) in [5.41, 5.74) is 6.84. The van der Waals surface area contributed by atoms with Gasteiger partial charge in [-0.1, -0.05) is 24.6 Å². The molecule has 0 bridgehead atoms. The molecule has 1 rings (SSSR count). The Morgan fingerprint density at radius 3 is 2.69 bits per heavy atom. The Labute approximate surface area is 83.6 Å². The van der Waals surface area contributed by atoms with Crippen molar-refractivity contribution in [1.29, 1.82) is 0 Å². The molecule has 0 amide bonds. The first-order valence-corrected chi connectivity index (χ1v) is 4.65. The first-order valence-electron chi connectivity index (χ1n) is 4.28. The predicted octanol–water partition coefficient (Wildman–Crippen LogP) is 2.76. The molecule has 0 saturated carbocycles. The van der Waals surface area contributed by atoms with E-state index in [9.17, 15) is 0 Å². The number of halogens is 1. The summed E-state index contributed by atoms with van der Waals surface area (Å²) in [5, 5.41) is 0.675. The van der Waals surface area contributed by atoms with Gasteiger partial charge in [-0.25, -0.2) is 0 Å². The van der Waals surface area contributed by atoms with E-state index in [-0.39, 0.29) is 6.04 Å². The monoisotopic (exact) mass is 199 g/mol. The van der Waals surface area contributed by atoms with Gasteiger partial charge in [-0.15, -0.1) is 0 Å². The Hall–Kier alpha value is -0.730. The first kappa shape index (κ1) is 10.4. The molecule has 0 aromatic heterocycles. The third kappa shape index (κ3) is 2.36. The minimum absolute atomic E-state index is 0.0124. The largest absolute Gasteiger partial charge is 0.497 e. The molecule has 1 unspecified atom stereocenters. The zero-order valence-corrected chi connectivity index (χ0v) is 8.64. The van der Waals surface area contributed by atoms with Crippen LogP contribution in [0.2, 0.25) is 5.02 Å². The average molecular weight is 200 g/mol. The highest BCUT2D eigenvalue weighted by Gasteiger charge is 2.08. The summed E-state index contributed by atoms with van der Waals surface area (Å²) in [6.45, 7) is 2.03. The van der Waals surface area contributed by atoms with E-state index < -0.39 is 0 Å². The number of hydrogen-bond donors (Lipinski definition) is 1. The van der Waals surface area contributed by atoms with E-state index in [1.165, 1.54) is 0 Å². The maximum absolute atomic E-state index is 6.02. The molecule has 0 saturated heterocycles. The lowest BCUT2D eigenvalue weighted by Gasteiger charge is -2.11. The molecular formula is C10H14ClNO. The Bertz CT molecular complexity index is 288. The Morgan fingerprint density at radius 2 is 2.23 bits per heavy atom. The van der Waals surface area contributed by atoms with Crippen molar-refractivity contribution in [3.05, 3.63) is 28.8 Å². The quantitative estimate of drug-likeness (QED) is 0.813. The molecule has 3 heteroatoms. The van der Waals surface area contributed by atoms with Crippen molar-refractivity contribution < 1.29 is 4.74 Å². The molecule has 72 valence electrons. The Kier molecular flexibility index (Phi) is 3.58. The van der Waals surface area contributed by atoms with Crippen LogP contribution in [-0.4, -0.2) is 7.11 Å². The molecule has 2 nitrogen and oxygen atoms in total. The van der Waals surface area contributed by atoms with Gasteiger partial charge in [0.05, 0.1) is 7.11 Å². The highest BCUT2D eigenvalue weighted by molar-refractivity contribution is 6.31. The van der Waals surface area contributed by atoms with E-state index in [0.717, 1.165) is 17.7 Å². The van der Waals surface area contributed by atoms with Crippen molar-refractivity contribution in [2.24, 2.45) is 5.73 Å². The molecule has 13 heavy (non-hydrogen) atoms. The van der Waals surface area contributed by atoms with Gasteiger partial charge in [0.2, 0.25) is 0 Å². The van der Waals surface area contributed by atoms with Crippen LogP contribution in [-0.2, 0) is 0 Å². The zero-order chi connectivity index (χ0) is 9.84. The van der Waals surface area contributed by atoms with Gasteiger partial charge in [0.15, 0.2) is 0 Å². The maximum atomic E-state index is 6.02. The molecule has 2 N–H and O–H groups in total. The minimum atomic E-state index is 0.0124. The van der Waals surface area contributed by atoms with Crippen LogP contribution in [0.4, 0.5) is 0 Å². The summed E-state index contributed by atoms with van der Waals surface area (Å²) in [6.07, 6.45) is 0.881. The van der Waals surface area contributed by atoms with Crippen LogP contribution in [0.25, 0.3) is 0 Å². The molecule has 0 aliphatic rings. The fourth-order valence-electron chi connectivity index (χ4n) is 1.16. The molecule has 0 fully saturated rings. The summed E-state index contributed by atoms with van der Waals surface area (Å²) in [4.78, 5) is 0. The van der Waals surface area contributed by atoms with Gasteiger partial charge < -0.3 is 10.5 Å². The van der Waals surface area contributed by atoms with E-state index in [4.69, 9.17) is 22.1 Å². The molecule has 1 atom stereocenters. The summed E-state index contributed by atoms with van der Waals surface area (Å²) in [5.74, 6) is 0.761. The first-order chi connectivity index (χ1) is 6.19. The standard InChI is InChI=1S/C10H14ClNO/c1-3-10(12)8-5-4-7(13-2)6-9(8)11/h4-6,10H,3,12H2,1-2H3. The Morgan fingerprint density at radius 1 is 1.54 bits per heavy atom. The number of ether oxygens (including phenoxy) is 1. The van der Waals surface area contributed by atoms with Crippen LogP contribution < -0.4 is 10.5 Å². The maximum Gasteiger partial charge on any atom is 0.120 e. The molecular weight excluding hydrogens is 186 g/mol. The third-order valence-corrected chi connectivity index (χ3v) is 2.37. The summed E-state index contributed by atoms with van der Waals surface area (Å²) >= 11 is 6.02. The van der Waals surface area contributed by atoms with E-state index in [1.807, 2.05) is 19.1 Å². The number of methoxy groups -OCH3 is 1. The van der Waals surface area contributed by atoms with Gasteiger partial charge in [0.25, 0.3) is 0 Å². The summed E-state index contributed by atoms with van der Waals surface area (Å²) < 4.78 is 5.04. The van der Waals surface area contributed by atoms with Crippen molar-refractivity contribution in [2.45, 2.75) is 19.4 Å². The van der Waals surface area contributed by atoms with Crippen molar-refractivity contribution in [2.75, 3.05) is 7.11 Å². The summed E-state index contributed by atoms with van der Waals surface area (Å²) in [6, 6.07) is 5.58. The highest BCUT2D eigenvalue weighted by Crippen LogP contribution is 2.27. The summed E-state index contributed by atoms with van der Waals surface area (Å²) in [7, 11) is 1.62. The molecule has 0 aliphatic carbocycles. The molecule has 1 aromatic rings. The smallest absolute Gasteiger partial charge is 0.120 e. The number of rotatable bonds is 3. The van der Waals surface area contributed by atoms with Gasteiger partial charge in [0.1, 0.15) is 5.75 Å². The Balaban J connectivity index is 2.98. The van der Waals surface area contributed by atoms with Crippen LogP contribution in [0.5, 0.6) is 5.75 Å². The van der Waals surface area contributed by atoms with E-state index in [0.29, 0.717) is 5.02 Å². The zero-order valence-electron chi connectivity index (χ0n) is 7.88. The number of benzene rings is 1. The van der Waals surface area contributed by atoms with Gasteiger partial charge in [0, 0.05) is 11.1 Å². The fourth-order valence-corrected chi connectivity index (χ4v) is 1.47. The molecule has 0 heterocycles. The molecule has 0 radical (unpaired) electrons. The van der Waals surface area contributed by atoms with Gasteiger partial charge >= 0.3 is 0 Å². The fraction of sp³-hybridized carbons (Fsp3) is 0.400. The van der Waals surface area contributed by atoms with Crippen LogP contribution in [0.1, 0.15) is 24.9 Å². The normalized spacial score (nSPS) is 12.6. The van der Waals surface area contributed by atoms with Crippen LogP contribution in [0, 0.1) is 0 Å². The predicted molar refractivity (Wildman–Crippen MR) is 55.2 cm³/mol. The molecule has 1 aromatic carbocycles. The second kappa shape index (κ2) is 4.49. The van der Waals surface area contributed by atoms with Crippen molar-refractivity contribution in [1.82, 2.24) is 0 Å². The van der Waals surface area contributed by atoms with E-state index in [2.05, 4.69) is 0 Å². The topological polar surface area (TPSA) is 35.2 Å². The SMILES string of the molecule is CCC(N)c1ccc(OC)cc1Cl. The number of nitrogens with two attached hydrogens (primary N) is 1. The van der Waals surface area contributed by atoms with Crippen LogP contribution in [0.3, 0.4) is 0 Å². The molecule has 0 spiro atoms. The molecule has 0 aliphatic heterocycles. The lowest BCUT2D eigenvalue weighted by Crippen LogP contribution is -2.09. The van der Waals surface area contributed by atoms with Gasteiger partial charge in [-0.2, -0.15) is 0 Å². The van der Waals surface area contributed by atoms with E-state index in [1.54, 1.807) is 13.2 Å². The van der Waals surface area contributed by atoms with Crippen LogP contribution in [0.15, 0.2) is 18.2 Å². The van der Waals surface area contributed by atoms with Crippen molar-refractivity contribution >= 4 is 11.6 Å². The van der Waals surface area contributed by atoms with Crippen molar-refractivity contribution in [3.63, 3.8) is 0 Å². The lowest BCUT2D eigenvalue weighted by molar-refractivity contribution is 0.414. The highest BCUT2D eigenvalue weighted by atomic mass is 35.5.